The van der Waals surface area contributed by atoms with E-state index in [9.17, 15) is 12.8 Å². The minimum absolute atomic E-state index is 0.00782. The molecule has 1 heterocycles. The SMILES string of the molecule is Cn1nccc1S(=O)(=O)NCc1ccc(C#N)cc1F. The maximum absolute atomic E-state index is 13.6. The summed E-state index contributed by atoms with van der Waals surface area (Å²) in [5, 5.41) is 12.4. The molecule has 0 atom stereocenters. The third kappa shape index (κ3) is 2.84. The first kappa shape index (κ1) is 14.2. The highest BCUT2D eigenvalue weighted by Crippen LogP contribution is 2.12. The standard InChI is InChI=1S/C12H11FN4O2S/c1-17-12(4-5-15-17)20(18,19)16-8-10-3-2-9(7-14)6-11(10)13/h2-6,16H,8H2,1H3. The average molecular weight is 294 g/mol. The smallest absolute Gasteiger partial charge is 0.256 e. The summed E-state index contributed by atoms with van der Waals surface area (Å²) in [6.07, 6.45) is 1.36. The van der Waals surface area contributed by atoms with Crippen LogP contribution in [0.15, 0.2) is 35.5 Å². The Morgan fingerprint density at radius 2 is 2.20 bits per heavy atom. The fraction of sp³-hybridized carbons (Fsp3) is 0.167. The zero-order valence-electron chi connectivity index (χ0n) is 10.5. The molecule has 2 rings (SSSR count). The van der Waals surface area contributed by atoms with Crippen LogP contribution >= 0.6 is 0 Å². The van der Waals surface area contributed by atoms with Gasteiger partial charge in [0.1, 0.15) is 5.82 Å². The van der Waals surface area contributed by atoms with Crippen LogP contribution in [0.5, 0.6) is 0 Å². The van der Waals surface area contributed by atoms with E-state index in [2.05, 4.69) is 9.82 Å². The van der Waals surface area contributed by atoms with Crippen LogP contribution in [0.3, 0.4) is 0 Å². The van der Waals surface area contributed by atoms with Gasteiger partial charge in [-0.25, -0.2) is 17.5 Å². The Morgan fingerprint density at radius 1 is 1.45 bits per heavy atom. The minimum Gasteiger partial charge on any atom is -0.256 e. The van der Waals surface area contributed by atoms with Crippen molar-refractivity contribution in [3.63, 3.8) is 0 Å². The van der Waals surface area contributed by atoms with Gasteiger partial charge in [0.2, 0.25) is 0 Å². The number of nitrogens with zero attached hydrogens (tertiary/aromatic N) is 3. The third-order valence-corrected chi connectivity index (χ3v) is 4.16. The molecule has 0 saturated heterocycles. The molecule has 0 spiro atoms. The quantitative estimate of drug-likeness (QED) is 0.908. The molecule has 1 aromatic carbocycles. The number of hydrogen-bond donors (Lipinski definition) is 1. The summed E-state index contributed by atoms with van der Waals surface area (Å²) in [5.41, 5.74) is 0.343. The molecule has 1 aromatic heterocycles. The molecule has 0 aliphatic heterocycles. The molecule has 0 aliphatic rings. The molecule has 2 aromatic rings. The highest BCUT2D eigenvalue weighted by molar-refractivity contribution is 7.89. The summed E-state index contributed by atoms with van der Waals surface area (Å²) in [7, 11) is -2.26. The number of aromatic nitrogens is 2. The van der Waals surface area contributed by atoms with Gasteiger partial charge in [-0.05, 0) is 18.2 Å². The van der Waals surface area contributed by atoms with Gasteiger partial charge in [0.15, 0.2) is 5.03 Å². The summed E-state index contributed by atoms with van der Waals surface area (Å²) < 4.78 is 41.1. The number of nitrogens with one attached hydrogen (secondary N) is 1. The number of rotatable bonds is 4. The van der Waals surface area contributed by atoms with E-state index in [1.54, 1.807) is 6.07 Å². The minimum atomic E-state index is -3.76. The normalized spacial score (nSPS) is 11.2. The zero-order valence-corrected chi connectivity index (χ0v) is 11.4. The second-order valence-electron chi connectivity index (χ2n) is 4.04. The Balaban J connectivity index is 2.17. The van der Waals surface area contributed by atoms with Crippen LogP contribution < -0.4 is 4.72 Å². The number of benzene rings is 1. The van der Waals surface area contributed by atoms with Crippen molar-refractivity contribution in [1.82, 2.24) is 14.5 Å². The number of hydrogen-bond acceptors (Lipinski definition) is 4. The van der Waals surface area contributed by atoms with Gasteiger partial charge < -0.3 is 0 Å². The van der Waals surface area contributed by atoms with Crippen molar-refractivity contribution in [2.24, 2.45) is 7.05 Å². The molecule has 8 heteroatoms. The van der Waals surface area contributed by atoms with Gasteiger partial charge in [-0.2, -0.15) is 10.4 Å². The molecule has 6 nitrogen and oxygen atoms in total. The van der Waals surface area contributed by atoms with E-state index < -0.39 is 15.8 Å². The number of sulfonamides is 1. The average Bonchev–Trinajstić information content (AvgIpc) is 2.84. The van der Waals surface area contributed by atoms with Gasteiger partial charge in [0.25, 0.3) is 10.0 Å². The summed E-state index contributed by atoms with van der Waals surface area (Å²) in [6, 6.07) is 7.02. The van der Waals surface area contributed by atoms with Gasteiger partial charge in [-0.3, -0.25) is 4.68 Å². The first-order valence-corrected chi connectivity index (χ1v) is 7.08. The van der Waals surface area contributed by atoms with Gasteiger partial charge in [0.05, 0.1) is 17.8 Å². The van der Waals surface area contributed by atoms with Crippen LogP contribution in [-0.4, -0.2) is 18.2 Å². The Kier molecular flexibility index (Phi) is 3.83. The van der Waals surface area contributed by atoms with E-state index in [1.165, 1.54) is 36.1 Å². The van der Waals surface area contributed by atoms with Crippen molar-refractivity contribution in [1.29, 1.82) is 5.26 Å². The summed E-state index contributed by atoms with van der Waals surface area (Å²) in [5.74, 6) is -0.628. The highest BCUT2D eigenvalue weighted by Gasteiger charge is 2.18. The highest BCUT2D eigenvalue weighted by atomic mass is 32.2. The predicted molar refractivity (Wildman–Crippen MR) is 68.3 cm³/mol. The molecule has 1 N–H and O–H groups in total. The number of halogens is 1. The molecule has 0 unspecified atom stereocenters. The molecule has 0 fully saturated rings. The van der Waals surface area contributed by atoms with Crippen molar-refractivity contribution in [2.45, 2.75) is 11.6 Å². The number of aryl methyl sites for hydroxylation is 1. The summed E-state index contributed by atoms with van der Waals surface area (Å²) >= 11 is 0. The van der Waals surface area contributed by atoms with E-state index in [4.69, 9.17) is 5.26 Å². The Bertz CT molecular complexity index is 777. The fourth-order valence-electron chi connectivity index (χ4n) is 1.63. The second kappa shape index (κ2) is 5.40. The molecule has 0 bridgehead atoms. The molecule has 0 saturated carbocycles. The largest absolute Gasteiger partial charge is 0.258 e. The second-order valence-corrected chi connectivity index (χ2v) is 5.75. The van der Waals surface area contributed by atoms with Crippen molar-refractivity contribution < 1.29 is 12.8 Å². The van der Waals surface area contributed by atoms with Crippen LogP contribution in [0.4, 0.5) is 4.39 Å². The van der Waals surface area contributed by atoms with Gasteiger partial charge in [0, 0.05) is 19.2 Å². The summed E-state index contributed by atoms with van der Waals surface area (Å²) in [4.78, 5) is 0. The molecule has 20 heavy (non-hydrogen) atoms. The Hall–Kier alpha value is -2.24. The van der Waals surface area contributed by atoms with Gasteiger partial charge in [-0.1, -0.05) is 6.07 Å². The van der Waals surface area contributed by atoms with E-state index in [0.29, 0.717) is 0 Å². The summed E-state index contributed by atoms with van der Waals surface area (Å²) in [6.45, 7) is -0.203. The maximum Gasteiger partial charge on any atom is 0.258 e. The van der Waals surface area contributed by atoms with E-state index >= 15 is 0 Å². The van der Waals surface area contributed by atoms with Crippen LogP contribution in [0.1, 0.15) is 11.1 Å². The third-order valence-electron chi connectivity index (χ3n) is 2.69. The Morgan fingerprint density at radius 3 is 2.75 bits per heavy atom. The van der Waals surface area contributed by atoms with E-state index in [1.807, 2.05) is 0 Å². The van der Waals surface area contributed by atoms with Crippen molar-refractivity contribution in [3.05, 3.63) is 47.4 Å². The molecule has 104 valence electrons. The monoisotopic (exact) mass is 294 g/mol. The van der Waals surface area contributed by atoms with Crippen LogP contribution in [0.2, 0.25) is 0 Å². The lowest BCUT2D eigenvalue weighted by Gasteiger charge is -2.07. The maximum atomic E-state index is 13.6. The lowest BCUT2D eigenvalue weighted by Crippen LogP contribution is -2.25. The molecular formula is C12H11FN4O2S. The molecule has 0 radical (unpaired) electrons. The van der Waals surface area contributed by atoms with E-state index in [0.717, 1.165) is 6.07 Å². The molecular weight excluding hydrogens is 283 g/mol. The van der Waals surface area contributed by atoms with Crippen LogP contribution in [-0.2, 0) is 23.6 Å². The molecule has 0 aliphatic carbocycles. The van der Waals surface area contributed by atoms with Gasteiger partial charge in [-0.15, -0.1) is 0 Å². The van der Waals surface area contributed by atoms with E-state index in [-0.39, 0.29) is 22.7 Å². The first-order chi connectivity index (χ1) is 9.44. The lowest BCUT2D eigenvalue weighted by atomic mass is 10.1. The van der Waals surface area contributed by atoms with Crippen LogP contribution in [0.25, 0.3) is 0 Å². The topological polar surface area (TPSA) is 87.8 Å². The molecule has 0 amide bonds. The predicted octanol–water partition coefficient (Wildman–Crippen LogP) is 0.909. The Labute approximate surface area is 115 Å². The van der Waals surface area contributed by atoms with Crippen molar-refractivity contribution in [2.75, 3.05) is 0 Å². The zero-order chi connectivity index (χ0) is 14.8. The first-order valence-electron chi connectivity index (χ1n) is 5.60. The lowest BCUT2D eigenvalue weighted by molar-refractivity contribution is 0.558. The van der Waals surface area contributed by atoms with Crippen molar-refractivity contribution >= 4 is 10.0 Å². The van der Waals surface area contributed by atoms with Crippen molar-refractivity contribution in [3.8, 4) is 6.07 Å². The van der Waals surface area contributed by atoms with Crippen LogP contribution in [0, 0.1) is 17.1 Å². The number of nitriles is 1. The fourth-order valence-corrected chi connectivity index (χ4v) is 2.76. The van der Waals surface area contributed by atoms with Gasteiger partial charge >= 0.3 is 0 Å².